The molecule has 10 heteroatoms. The lowest BCUT2D eigenvalue weighted by Crippen LogP contribution is -2.54. The summed E-state index contributed by atoms with van der Waals surface area (Å²) in [5, 5.41) is 15.8. The molecular formula is C27H35FN4O4S. The van der Waals surface area contributed by atoms with Crippen molar-refractivity contribution in [2.45, 2.75) is 89.7 Å². The predicted octanol–water partition coefficient (Wildman–Crippen LogP) is 3.18. The van der Waals surface area contributed by atoms with Gasteiger partial charge in [0.25, 0.3) is 5.91 Å². The van der Waals surface area contributed by atoms with Crippen molar-refractivity contribution in [1.29, 1.82) is 0 Å². The highest BCUT2D eigenvalue weighted by Crippen LogP contribution is 2.40. The van der Waals surface area contributed by atoms with Gasteiger partial charge in [0, 0.05) is 19.5 Å². The van der Waals surface area contributed by atoms with Gasteiger partial charge >= 0.3 is 0 Å². The molecular weight excluding hydrogens is 495 g/mol. The minimum atomic E-state index is -1.89. The fraction of sp³-hybridized carbons (Fsp3) is 0.556. The van der Waals surface area contributed by atoms with Crippen molar-refractivity contribution in [2.24, 2.45) is 0 Å². The zero-order chi connectivity index (χ0) is 26.7. The van der Waals surface area contributed by atoms with Gasteiger partial charge in [0.05, 0.1) is 22.2 Å². The van der Waals surface area contributed by atoms with Gasteiger partial charge in [-0.05, 0) is 49.8 Å². The van der Waals surface area contributed by atoms with Crippen LogP contribution in [0.4, 0.5) is 4.39 Å². The summed E-state index contributed by atoms with van der Waals surface area (Å²) in [6, 6.07) is 4.25. The molecule has 2 aromatic rings. The Morgan fingerprint density at radius 2 is 2.05 bits per heavy atom. The van der Waals surface area contributed by atoms with E-state index in [1.807, 2.05) is 38.4 Å². The van der Waals surface area contributed by atoms with Crippen molar-refractivity contribution in [3.8, 4) is 10.4 Å². The lowest BCUT2D eigenvalue weighted by molar-refractivity contribution is -0.142. The number of β-amino-alcohol motifs (C(OH)–C–C–N with tert-alkyl or cyclic N) is 1. The third kappa shape index (κ3) is 6.18. The molecule has 1 saturated carbocycles. The fourth-order valence-electron chi connectivity index (χ4n) is 4.71. The Morgan fingerprint density at radius 1 is 1.30 bits per heavy atom. The number of aliphatic hydroxyl groups excluding tert-OH is 1. The maximum absolute atomic E-state index is 14.3. The average molecular weight is 531 g/mol. The highest BCUT2D eigenvalue weighted by Gasteiger charge is 2.52. The number of carbonyl (C=O) groups is 3. The number of halogens is 1. The van der Waals surface area contributed by atoms with Crippen molar-refractivity contribution < 1.29 is 23.9 Å². The van der Waals surface area contributed by atoms with E-state index < -0.39 is 35.7 Å². The summed E-state index contributed by atoms with van der Waals surface area (Å²) in [6.45, 7) is 6.19. The summed E-state index contributed by atoms with van der Waals surface area (Å²) in [7, 11) is 0. The number of likely N-dealkylation sites (tertiary alicyclic amines) is 1. The first-order valence-corrected chi connectivity index (χ1v) is 13.8. The largest absolute Gasteiger partial charge is 0.391 e. The van der Waals surface area contributed by atoms with Gasteiger partial charge in [0.15, 0.2) is 5.67 Å². The van der Waals surface area contributed by atoms with E-state index in [1.54, 1.807) is 11.3 Å². The van der Waals surface area contributed by atoms with Crippen LogP contribution in [0.5, 0.6) is 0 Å². The fourth-order valence-corrected chi connectivity index (χ4v) is 5.51. The van der Waals surface area contributed by atoms with Gasteiger partial charge in [0.1, 0.15) is 12.1 Å². The maximum atomic E-state index is 14.3. The average Bonchev–Trinajstić information content (AvgIpc) is 3.29. The quantitative estimate of drug-likeness (QED) is 0.437. The Bertz CT molecular complexity index is 1170. The Labute approximate surface area is 220 Å². The SMILES string of the molecule is CCCCC(NC(=O)C1(F)CC1)C(=O)N1CC(O)CC1C(=O)NCc1ccc(-c2scnc2C)cc1C. The lowest BCUT2D eigenvalue weighted by Gasteiger charge is -2.29. The van der Waals surface area contributed by atoms with Gasteiger partial charge in [-0.2, -0.15) is 0 Å². The Balaban J connectivity index is 1.42. The van der Waals surface area contributed by atoms with E-state index in [-0.39, 0.29) is 38.3 Å². The number of aromatic nitrogens is 1. The smallest absolute Gasteiger partial charge is 0.258 e. The molecule has 1 saturated heterocycles. The van der Waals surface area contributed by atoms with E-state index >= 15 is 0 Å². The molecule has 2 heterocycles. The highest BCUT2D eigenvalue weighted by atomic mass is 32.1. The van der Waals surface area contributed by atoms with E-state index in [2.05, 4.69) is 21.7 Å². The van der Waals surface area contributed by atoms with Gasteiger partial charge in [-0.15, -0.1) is 11.3 Å². The number of rotatable bonds is 10. The van der Waals surface area contributed by atoms with Crippen LogP contribution in [-0.2, 0) is 20.9 Å². The Kier molecular flexibility index (Phi) is 8.28. The molecule has 2 fully saturated rings. The van der Waals surface area contributed by atoms with Gasteiger partial charge in [-0.1, -0.05) is 38.0 Å². The van der Waals surface area contributed by atoms with Crippen molar-refractivity contribution >= 4 is 29.1 Å². The zero-order valence-electron chi connectivity index (χ0n) is 21.6. The van der Waals surface area contributed by atoms with E-state index in [9.17, 15) is 23.9 Å². The molecule has 200 valence electrons. The van der Waals surface area contributed by atoms with Crippen LogP contribution < -0.4 is 10.6 Å². The van der Waals surface area contributed by atoms with Crippen LogP contribution in [0, 0.1) is 13.8 Å². The monoisotopic (exact) mass is 530 g/mol. The number of amides is 3. The third-order valence-electron chi connectivity index (χ3n) is 7.21. The molecule has 0 radical (unpaired) electrons. The first kappa shape index (κ1) is 27.2. The van der Waals surface area contributed by atoms with Crippen molar-refractivity contribution in [3.05, 3.63) is 40.5 Å². The number of thiazole rings is 1. The molecule has 2 aliphatic rings. The molecule has 1 aromatic carbocycles. The predicted molar refractivity (Wildman–Crippen MR) is 140 cm³/mol. The first-order valence-electron chi connectivity index (χ1n) is 12.9. The topological polar surface area (TPSA) is 112 Å². The number of aryl methyl sites for hydroxylation is 2. The molecule has 0 bridgehead atoms. The Hall–Kier alpha value is -2.85. The molecule has 37 heavy (non-hydrogen) atoms. The van der Waals surface area contributed by atoms with Crippen molar-refractivity contribution in [2.75, 3.05) is 6.54 Å². The molecule has 1 aromatic heterocycles. The molecule has 1 aliphatic carbocycles. The summed E-state index contributed by atoms with van der Waals surface area (Å²) in [5.41, 5.74) is 3.94. The number of hydrogen-bond acceptors (Lipinski definition) is 6. The van der Waals surface area contributed by atoms with Crippen molar-refractivity contribution in [3.63, 3.8) is 0 Å². The molecule has 1 aliphatic heterocycles. The van der Waals surface area contributed by atoms with Gasteiger partial charge in [-0.25, -0.2) is 9.37 Å². The summed E-state index contributed by atoms with van der Waals surface area (Å²) in [6.07, 6.45) is 1.40. The van der Waals surface area contributed by atoms with Gasteiger partial charge < -0.3 is 20.6 Å². The van der Waals surface area contributed by atoms with E-state index in [0.29, 0.717) is 12.8 Å². The lowest BCUT2D eigenvalue weighted by atomic mass is 10.0. The van der Waals surface area contributed by atoms with Crippen LogP contribution in [0.3, 0.4) is 0 Å². The number of nitrogens with one attached hydrogen (secondary N) is 2. The van der Waals surface area contributed by atoms with Gasteiger partial charge in [-0.3, -0.25) is 14.4 Å². The highest BCUT2D eigenvalue weighted by molar-refractivity contribution is 7.13. The second kappa shape index (κ2) is 11.3. The number of unbranched alkanes of at least 4 members (excludes halogenated alkanes) is 1. The maximum Gasteiger partial charge on any atom is 0.258 e. The minimum Gasteiger partial charge on any atom is -0.391 e. The van der Waals surface area contributed by atoms with Crippen LogP contribution in [0.2, 0.25) is 0 Å². The van der Waals surface area contributed by atoms with E-state index in [4.69, 9.17) is 0 Å². The summed E-state index contributed by atoms with van der Waals surface area (Å²) < 4.78 is 14.3. The second-order valence-corrected chi connectivity index (χ2v) is 11.0. The first-order chi connectivity index (χ1) is 17.6. The van der Waals surface area contributed by atoms with Gasteiger partial charge in [0.2, 0.25) is 11.8 Å². The number of hydrogen-bond donors (Lipinski definition) is 3. The van der Waals surface area contributed by atoms with E-state index in [0.717, 1.165) is 33.7 Å². The number of carbonyl (C=O) groups excluding carboxylic acids is 3. The molecule has 8 nitrogen and oxygen atoms in total. The molecule has 3 amide bonds. The number of nitrogens with zero attached hydrogens (tertiary/aromatic N) is 2. The molecule has 3 unspecified atom stereocenters. The molecule has 3 atom stereocenters. The molecule has 4 rings (SSSR count). The van der Waals surface area contributed by atoms with Crippen LogP contribution >= 0.6 is 11.3 Å². The Morgan fingerprint density at radius 3 is 2.68 bits per heavy atom. The summed E-state index contributed by atoms with van der Waals surface area (Å²) in [5.74, 6) is -1.59. The summed E-state index contributed by atoms with van der Waals surface area (Å²) in [4.78, 5) is 45.6. The number of benzene rings is 1. The third-order valence-corrected chi connectivity index (χ3v) is 8.19. The second-order valence-electron chi connectivity index (χ2n) is 10.2. The van der Waals surface area contributed by atoms with Crippen LogP contribution in [0.1, 0.15) is 62.3 Å². The normalized spacial score (nSPS) is 20.9. The van der Waals surface area contributed by atoms with Crippen molar-refractivity contribution in [1.82, 2.24) is 20.5 Å². The summed E-state index contributed by atoms with van der Waals surface area (Å²) >= 11 is 1.58. The standard InChI is InChI=1S/C27H35FN4O4S/c1-4-5-6-21(31-26(36)27(28)9-10-27)25(35)32-14-20(33)12-22(32)24(34)29-13-19-8-7-18(11-16(19)2)23-17(3)30-15-37-23/h7-8,11,15,20-22,33H,4-6,9-10,12-14H2,1-3H3,(H,29,34)(H,31,36). The van der Waals surface area contributed by atoms with Crippen LogP contribution in [0.15, 0.2) is 23.7 Å². The number of alkyl halides is 1. The minimum absolute atomic E-state index is 0.00188. The zero-order valence-corrected chi connectivity index (χ0v) is 22.4. The van der Waals surface area contributed by atoms with Crippen LogP contribution in [0.25, 0.3) is 10.4 Å². The molecule has 0 spiro atoms. The number of aliphatic hydroxyl groups is 1. The van der Waals surface area contributed by atoms with E-state index in [1.165, 1.54) is 4.90 Å². The molecule has 3 N–H and O–H groups in total. The van der Waals surface area contributed by atoms with Crippen LogP contribution in [-0.4, -0.2) is 63.1 Å².